The lowest BCUT2D eigenvalue weighted by molar-refractivity contribution is -0.113. The van der Waals surface area contributed by atoms with Crippen LogP contribution in [0, 0.1) is 0 Å². The van der Waals surface area contributed by atoms with Gasteiger partial charge in [0.25, 0.3) is 5.91 Å². The van der Waals surface area contributed by atoms with Crippen LogP contribution in [0.25, 0.3) is 10.9 Å². The van der Waals surface area contributed by atoms with E-state index < -0.39 is 0 Å². The maximum Gasteiger partial charge on any atom is 0.251 e. The van der Waals surface area contributed by atoms with Crippen molar-refractivity contribution in [2.45, 2.75) is 18.4 Å². The predicted molar refractivity (Wildman–Crippen MR) is 143 cm³/mol. The second-order valence-corrected chi connectivity index (χ2v) is 9.21. The van der Waals surface area contributed by atoms with E-state index in [0.29, 0.717) is 36.0 Å². The van der Waals surface area contributed by atoms with Crippen LogP contribution in [0.15, 0.2) is 83.9 Å². The fourth-order valence-electron chi connectivity index (χ4n) is 3.65. The molecule has 0 spiro atoms. The molecule has 1 heterocycles. The van der Waals surface area contributed by atoms with Crippen molar-refractivity contribution >= 4 is 51.8 Å². The maximum absolute atomic E-state index is 12.5. The van der Waals surface area contributed by atoms with Gasteiger partial charge in [0.15, 0.2) is 0 Å². The Hall–Kier alpha value is -3.42. The highest BCUT2D eigenvalue weighted by Gasteiger charge is 2.12. The number of nitrogens with one attached hydrogen (secondary N) is 2. The number of benzene rings is 3. The van der Waals surface area contributed by atoms with Crippen molar-refractivity contribution in [3.05, 3.63) is 89.6 Å². The lowest BCUT2D eigenvalue weighted by Gasteiger charge is -2.08. The third kappa shape index (κ3) is 6.59. The van der Waals surface area contributed by atoms with Crippen LogP contribution in [0.3, 0.4) is 0 Å². The molecule has 0 aliphatic rings. The van der Waals surface area contributed by atoms with Crippen LogP contribution in [0.4, 0.5) is 5.69 Å². The zero-order valence-electron chi connectivity index (χ0n) is 19.3. The van der Waals surface area contributed by atoms with E-state index >= 15 is 0 Å². The lowest BCUT2D eigenvalue weighted by Crippen LogP contribution is -2.27. The molecule has 0 atom stereocenters. The molecular formula is C27H26ClN3O3S. The van der Waals surface area contributed by atoms with Crippen molar-refractivity contribution < 1.29 is 14.3 Å². The van der Waals surface area contributed by atoms with E-state index in [2.05, 4.69) is 15.2 Å². The molecule has 4 aromatic rings. The molecule has 0 fully saturated rings. The quantitative estimate of drug-likeness (QED) is 0.264. The molecule has 1 aromatic heterocycles. The molecule has 0 aliphatic carbocycles. The lowest BCUT2D eigenvalue weighted by atomic mass is 10.2. The minimum atomic E-state index is -0.127. The van der Waals surface area contributed by atoms with E-state index in [1.165, 1.54) is 11.8 Å². The highest BCUT2D eigenvalue weighted by atomic mass is 35.5. The molecule has 8 heteroatoms. The van der Waals surface area contributed by atoms with Gasteiger partial charge < -0.3 is 19.9 Å². The number of halogens is 1. The Bertz CT molecular complexity index is 1300. The molecular weight excluding hydrogens is 482 g/mol. The van der Waals surface area contributed by atoms with E-state index in [0.717, 1.165) is 21.5 Å². The molecule has 0 aliphatic heterocycles. The first-order valence-corrected chi connectivity index (χ1v) is 12.7. The summed E-state index contributed by atoms with van der Waals surface area (Å²) in [6.45, 7) is 3.60. The smallest absolute Gasteiger partial charge is 0.251 e. The van der Waals surface area contributed by atoms with Crippen molar-refractivity contribution in [1.82, 2.24) is 9.88 Å². The van der Waals surface area contributed by atoms with Crippen LogP contribution < -0.4 is 15.4 Å². The summed E-state index contributed by atoms with van der Waals surface area (Å²) in [5.74, 6) is 0.815. The molecule has 35 heavy (non-hydrogen) atoms. The first-order chi connectivity index (χ1) is 17.0. The number of thioether (sulfide) groups is 1. The number of para-hydroxylation sites is 1. The average Bonchev–Trinajstić information content (AvgIpc) is 3.22. The number of hydrogen-bond donors (Lipinski definition) is 2. The van der Waals surface area contributed by atoms with Gasteiger partial charge >= 0.3 is 0 Å². The summed E-state index contributed by atoms with van der Waals surface area (Å²) in [7, 11) is 0. The summed E-state index contributed by atoms with van der Waals surface area (Å²) in [4.78, 5) is 25.9. The van der Waals surface area contributed by atoms with Crippen molar-refractivity contribution in [2.75, 3.05) is 24.2 Å². The summed E-state index contributed by atoms with van der Waals surface area (Å²) >= 11 is 7.39. The second-order valence-electron chi connectivity index (χ2n) is 7.76. The number of rotatable bonds is 10. The molecule has 3 aromatic carbocycles. The first kappa shape index (κ1) is 24.7. The first-order valence-electron chi connectivity index (χ1n) is 11.3. The third-order valence-electron chi connectivity index (χ3n) is 5.30. The van der Waals surface area contributed by atoms with E-state index in [1.807, 2.05) is 37.4 Å². The van der Waals surface area contributed by atoms with E-state index in [-0.39, 0.29) is 17.6 Å². The van der Waals surface area contributed by atoms with Gasteiger partial charge in [-0.3, -0.25) is 9.59 Å². The zero-order chi connectivity index (χ0) is 24.6. The van der Waals surface area contributed by atoms with Crippen molar-refractivity contribution in [3.63, 3.8) is 0 Å². The Morgan fingerprint density at radius 1 is 1.00 bits per heavy atom. The number of hydrogen-bond acceptors (Lipinski definition) is 4. The third-order valence-corrected chi connectivity index (χ3v) is 6.60. The van der Waals surface area contributed by atoms with Gasteiger partial charge in [0.05, 0.1) is 12.4 Å². The monoisotopic (exact) mass is 507 g/mol. The number of amides is 2. The van der Waals surface area contributed by atoms with Crippen LogP contribution in [0.1, 0.15) is 17.3 Å². The second kappa shape index (κ2) is 11.8. The van der Waals surface area contributed by atoms with Crippen molar-refractivity contribution in [2.24, 2.45) is 0 Å². The molecule has 0 saturated carbocycles. The van der Waals surface area contributed by atoms with Crippen LogP contribution in [-0.4, -0.2) is 35.3 Å². The Labute approximate surface area is 213 Å². The minimum absolute atomic E-state index is 0.0863. The standard InChI is InChI=1S/C27H26ClN3O3S/c1-2-34-22-13-7-19(8-14-22)27(33)29-15-16-31-17-25(23-5-3-4-6-24(23)31)35-18-26(32)30-21-11-9-20(28)10-12-21/h3-14,17H,2,15-16,18H2,1H3,(H,29,33)(H,30,32). The summed E-state index contributed by atoms with van der Waals surface area (Å²) in [6.07, 6.45) is 2.04. The molecule has 0 saturated heterocycles. The van der Waals surface area contributed by atoms with E-state index in [4.69, 9.17) is 16.3 Å². The van der Waals surface area contributed by atoms with E-state index in [9.17, 15) is 9.59 Å². The van der Waals surface area contributed by atoms with Gasteiger partial charge in [-0.25, -0.2) is 0 Å². The van der Waals surface area contributed by atoms with Crippen LogP contribution in [0.5, 0.6) is 5.75 Å². The number of ether oxygens (including phenoxy) is 1. The van der Waals surface area contributed by atoms with Gasteiger partial charge in [-0.1, -0.05) is 29.8 Å². The zero-order valence-corrected chi connectivity index (χ0v) is 20.9. The van der Waals surface area contributed by atoms with Crippen LogP contribution in [-0.2, 0) is 11.3 Å². The Morgan fingerprint density at radius 3 is 2.49 bits per heavy atom. The summed E-state index contributed by atoms with van der Waals surface area (Å²) < 4.78 is 7.53. The molecule has 4 rings (SSSR count). The largest absolute Gasteiger partial charge is 0.494 e. The molecule has 0 radical (unpaired) electrons. The molecule has 6 nitrogen and oxygen atoms in total. The minimum Gasteiger partial charge on any atom is -0.494 e. The average molecular weight is 508 g/mol. The van der Waals surface area contributed by atoms with E-state index in [1.54, 1.807) is 48.5 Å². The number of fused-ring (bicyclic) bond motifs is 1. The SMILES string of the molecule is CCOc1ccc(C(=O)NCCn2cc(SCC(=O)Nc3ccc(Cl)cc3)c3ccccc32)cc1. The number of nitrogens with zero attached hydrogens (tertiary/aromatic N) is 1. The highest BCUT2D eigenvalue weighted by molar-refractivity contribution is 8.00. The van der Waals surface area contributed by atoms with Gasteiger partial charge in [0.1, 0.15) is 5.75 Å². The topological polar surface area (TPSA) is 72.4 Å². The van der Waals surface area contributed by atoms with Gasteiger partial charge in [0.2, 0.25) is 5.91 Å². The van der Waals surface area contributed by atoms with Gasteiger partial charge in [-0.2, -0.15) is 0 Å². The van der Waals surface area contributed by atoms with Gasteiger partial charge in [0, 0.05) is 51.4 Å². The van der Waals surface area contributed by atoms with Crippen molar-refractivity contribution in [3.8, 4) is 5.75 Å². The number of carbonyl (C=O) groups excluding carboxylic acids is 2. The molecule has 180 valence electrons. The fourth-order valence-corrected chi connectivity index (χ4v) is 4.66. The normalized spacial score (nSPS) is 10.8. The number of carbonyl (C=O) groups is 2. The summed E-state index contributed by atoms with van der Waals surface area (Å²) in [5.41, 5.74) is 2.36. The maximum atomic E-state index is 12.5. The van der Waals surface area contributed by atoms with Gasteiger partial charge in [-0.05, 0) is 61.5 Å². The van der Waals surface area contributed by atoms with Gasteiger partial charge in [-0.15, -0.1) is 11.8 Å². The molecule has 0 unspecified atom stereocenters. The fraction of sp³-hybridized carbons (Fsp3) is 0.185. The summed E-state index contributed by atoms with van der Waals surface area (Å²) in [5, 5.41) is 7.56. The predicted octanol–water partition coefficient (Wildman–Crippen LogP) is 5.85. The number of aromatic nitrogens is 1. The molecule has 2 amide bonds. The van der Waals surface area contributed by atoms with Crippen LogP contribution >= 0.6 is 23.4 Å². The number of anilines is 1. The Kier molecular flexibility index (Phi) is 8.34. The van der Waals surface area contributed by atoms with Crippen molar-refractivity contribution in [1.29, 1.82) is 0 Å². The Balaban J connectivity index is 1.35. The molecule has 2 N–H and O–H groups in total. The molecule has 0 bridgehead atoms. The Morgan fingerprint density at radius 2 is 1.74 bits per heavy atom. The summed E-state index contributed by atoms with van der Waals surface area (Å²) in [6, 6.07) is 22.2. The van der Waals surface area contributed by atoms with Crippen LogP contribution in [0.2, 0.25) is 5.02 Å². The highest BCUT2D eigenvalue weighted by Crippen LogP contribution is 2.30.